The Balaban J connectivity index is 1.41. The molecule has 1 heterocycles. The van der Waals surface area contributed by atoms with Gasteiger partial charge in [-0.25, -0.2) is 0 Å². The summed E-state index contributed by atoms with van der Waals surface area (Å²) in [5.41, 5.74) is 3.71. The second-order valence-corrected chi connectivity index (χ2v) is 8.39. The molecule has 0 aromatic heterocycles. The molecule has 0 saturated carbocycles. The number of carbonyl (C=O) groups is 1. The van der Waals surface area contributed by atoms with E-state index in [1.807, 2.05) is 30.3 Å². The van der Waals surface area contributed by atoms with E-state index in [9.17, 15) is 4.79 Å². The number of hydrogen-bond donors (Lipinski definition) is 1. The fourth-order valence-electron chi connectivity index (χ4n) is 4.11. The van der Waals surface area contributed by atoms with Crippen LogP contribution in [0, 0.1) is 6.92 Å². The van der Waals surface area contributed by atoms with E-state index in [0.29, 0.717) is 5.92 Å². The molecule has 1 fully saturated rings. The highest BCUT2D eigenvalue weighted by molar-refractivity contribution is 5.77. The van der Waals surface area contributed by atoms with Gasteiger partial charge in [-0.3, -0.25) is 9.69 Å². The van der Waals surface area contributed by atoms with Crippen molar-refractivity contribution in [3.8, 4) is 11.5 Å². The molecule has 0 radical (unpaired) electrons. The maximum Gasteiger partial charge on any atom is 0.258 e. The minimum Gasteiger partial charge on any atom is -0.496 e. The normalized spacial score (nSPS) is 15.2. The van der Waals surface area contributed by atoms with E-state index in [2.05, 4.69) is 43.1 Å². The number of aryl methyl sites for hydroxylation is 1. The molecule has 1 aliphatic rings. The minimum absolute atomic E-state index is 0.0521. The highest BCUT2D eigenvalue weighted by Gasteiger charge is 2.21. The number of amides is 1. The van der Waals surface area contributed by atoms with E-state index in [-0.39, 0.29) is 18.6 Å². The van der Waals surface area contributed by atoms with Crippen LogP contribution in [0.15, 0.2) is 42.5 Å². The summed E-state index contributed by atoms with van der Waals surface area (Å²) in [6, 6.07) is 14.4. The van der Waals surface area contributed by atoms with Gasteiger partial charge in [0.2, 0.25) is 0 Å². The monoisotopic (exact) mass is 410 g/mol. The van der Waals surface area contributed by atoms with Crippen LogP contribution >= 0.6 is 0 Å². The molecule has 0 atom stereocenters. The summed E-state index contributed by atoms with van der Waals surface area (Å²) in [7, 11) is 1.71. The lowest BCUT2D eigenvalue weighted by atomic mass is 9.98. The standard InChI is InChI=1S/C25H34N2O3/c1-18(2)23-10-9-22(15-19(23)3)30-17-25(28)26-21-11-13-27(14-12-21)16-20-7-5-6-8-24(20)29-4/h5-10,15,18,21H,11-14,16-17H2,1-4H3,(H,26,28). The van der Waals surface area contributed by atoms with Crippen molar-refractivity contribution in [3.63, 3.8) is 0 Å². The van der Waals surface area contributed by atoms with Gasteiger partial charge in [0.25, 0.3) is 5.91 Å². The summed E-state index contributed by atoms with van der Waals surface area (Å²) in [5.74, 6) is 2.11. The number of para-hydroxylation sites is 1. The molecule has 30 heavy (non-hydrogen) atoms. The largest absolute Gasteiger partial charge is 0.496 e. The lowest BCUT2D eigenvalue weighted by Crippen LogP contribution is -2.45. The van der Waals surface area contributed by atoms with Gasteiger partial charge in [-0.15, -0.1) is 0 Å². The fraction of sp³-hybridized carbons (Fsp3) is 0.480. The Morgan fingerprint density at radius 3 is 2.57 bits per heavy atom. The molecule has 2 aromatic carbocycles. The topological polar surface area (TPSA) is 50.8 Å². The van der Waals surface area contributed by atoms with Crippen molar-refractivity contribution in [3.05, 3.63) is 59.2 Å². The zero-order valence-corrected chi connectivity index (χ0v) is 18.6. The van der Waals surface area contributed by atoms with Crippen LogP contribution in [-0.2, 0) is 11.3 Å². The van der Waals surface area contributed by atoms with Crippen LogP contribution < -0.4 is 14.8 Å². The summed E-state index contributed by atoms with van der Waals surface area (Å²) in [6.07, 6.45) is 1.90. The van der Waals surface area contributed by atoms with E-state index in [0.717, 1.165) is 44.0 Å². The van der Waals surface area contributed by atoms with Gasteiger partial charge in [-0.2, -0.15) is 0 Å². The Kier molecular flexibility index (Phi) is 7.75. The highest BCUT2D eigenvalue weighted by atomic mass is 16.5. The van der Waals surface area contributed by atoms with Crippen LogP contribution in [0.1, 0.15) is 49.3 Å². The Hall–Kier alpha value is -2.53. The molecule has 1 saturated heterocycles. The molecule has 0 bridgehead atoms. The van der Waals surface area contributed by atoms with Crippen molar-refractivity contribution in [2.75, 3.05) is 26.8 Å². The molecule has 1 N–H and O–H groups in total. The predicted molar refractivity (Wildman–Crippen MR) is 120 cm³/mol. The zero-order chi connectivity index (χ0) is 21.5. The Bertz CT molecular complexity index is 842. The molecular weight excluding hydrogens is 376 g/mol. The first-order valence-corrected chi connectivity index (χ1v) is 10.8. The van der Waals surface area contributed by atoms with E-state index in [1.54, 1.807) is 7.11 Å². The summed E-state index contributed by atoms with van der Waals surface area (Å²) in [4.78, 5) is 14.7. The number of ether oxygens (including phenoxy) is 2. The number of nitrogens with one attached hydrogen (secondary N) is 1. The minimum atomic E-state index is -0.0521. The highest BCUT2D eigenvalue weighted by Crippen LogP contribution is 2.24. The Morgan fingerprint density at radius 2 is 1.90 bits per heavy atom. The van der Waals surface area contributed by atoms with Crippen LogP contribution in [0.3, 0.4) is 0 Å². The number of piperidine rings is 1. The van der Waals surface area contributed by atoms with Crippen molar-refractivity contribution in [2.45, 2.75) is 52.1 Å². The SMILES string of the molecule is COc1ccccc1CN1CCC(NC(=O)COc2ccc(C(C)C)c(C)c2)CC1. The third-order valence-corrected chi connectivity index (χ3v) is 5.77. The number of likely N-dealkylation sites (tertiary alicyclic amines) is 1. The van der Waals surface area contributed by atoms with Gasteiger partial charge >= 0.3 is 0 Å². The molecule has 3 rings (SSSR count). The molecular formula is C25H34N2O3. The van der Waals surface area contributed by atoms with Crippen LogP contribution in [0.2, 0.25) is 0 Å². The third kappa shape index (κ3) is 5.99. The van der Waals surface area contributed by atoms with E-state index in [1.165, 1.54) is 16.7 Å². The lowest BCUT2D eigenvalue weighted by molar-refractivity contribution is -0.124. The van der Waals surface area contributed by atoms with E-state index < -0.39 is 0 Å². The van der Waals surface area contributed by atoms with Gasteiger partial charge in [0, 0.05) is 31.2 Å². The summed E-state index contributed by atoms with van der Waals surface area (Å²) in [5, 5.41) is 3.13. The van der Waals surface area contributed by atoms with Gasteiger partial charge in [0.1, 0.15) is 11.5 Å². The molecule has 162 valence electrons. The van der Waals surface area contributed by atoms with Crippen molar-refractivity contribution in [2.24, 2.45) is 0 Å². The molecule has 0 aliphatic carbocycles. The first-order valence-electron chi connectivity index (χ1n) is 10.8. The quantitative estimate of drug-likeness (QED) is 0.705. The summed E-state index contributed by atoms with van der Waals surface area (Å²) >= 11 is 0. The Labute approximate surface area is 180 Å². The van der Waals surface area contributed by atoms with Gasteiger partial charge in [-0.1, -0.05) is 38.1 Å². The van der Waals surface area contributed by atoms with Gasteiger partial charge in [-0.05, 0) is 55.0 Å². The number of hydrogen-bond acceptors (Lipinski definition) is 4. The van der Waals surface area contributed by atoms with Crippen molar-refractivity contribution >= 4 is 5.91 Å². The maximum atomic E-state index is 12.3. The van der Waals surface area contributed by atoms with Gasteiger partial charge in [0.05, 0.1) is 7.11 Å². The van der Waals surface area contributed by atoms with Crippen molar-refractivity contribution < 1.29 is 14.3 Å². The molecule has 1 amide bonds. The van der Waals surface area contributed by atoms with E-state index in [4.69, 9.17) is 9.47 Å². The van der Waals surface area contributed by atoms with Crippen LogP contribution in [-0.4, -0.2) is 43.7 Å². The van der Waals surface area contributed by atoms with E-state index >= 15 is 0 Å². The zero-order valence-electron chi connectivity index (χ0n) is 18.6. The number of nitrogens with zero attached hydrogens (tertiary/aromatic N) is 1. The fourth-order valence-corrected chi connectivity index (χ4v) is 4.11. The van der Waals surface area contributed by atoms with Gasteiger partial charge < -0.3 is 14.8 Å². The number of methoxy groups -OCH3 is 1. The third-order valence-electron chi connectivity index (χ3n) is 5.77. The molecule has 0 unspecified atom stereocenters. The Morgan fingerprint density at radius 1 is 1.17 bits per heavy atom. The maximum absolute atomic E-state index is 12.3. The number of carbonyl (C=O) groups excluding carboxylic acids is 1. The second kappa shape index (κ2) is 10.5. The molecule has 2 aromatic rings. The van der Waals surface area contributed by atoms with Crippen molar-refractivity contribution in [1.82, 2.24) is 10.2 Å². The smallest absolute Gasteiger partial charge is 0.258 e. The predicted octanol–water partition coefficient (Wildman–Crippen LogP) is 4.29. The van der Waals surface area contributed by atoms with Gasteiger partial charge in [0.15, 0.2) is 6.61 Å². The molecule has 5 heteroatoms. The summed E-state index contributed by atoms with van der Waals surface area (Å²) in [6.45, 7) is 9.29. The average Bonchev–Trinajstić information content (AvgIpc) is 2.74. The first kappa shape index (κ1) is 22.2. The number of rotatable bonds is 8. The molecule has 1 aliphatic heterocycles. The van der Waals surface area contributed by atoms with Crippen LogP contribution in [0.25, 0.3) is 0 Å². The first-order chi connectivity index (χ1) is 14.5. The average molecular weight is 411 g/mol. The van der Waals surface area contributed by atoms with Crippen molar-refractivity contribution in [1.29, 1.82) is 0 Å². The van der Waals surface area contributed by atoms with Crippen LogP contribution in [0.4, 0.5) is 0 Å². The molecule has 0 spiro atoms. The van der Waals surface area contributed by atoms with Crippen LogP contribution in [0.5, 0.6) is 11.5 Å². The number of benzene rings is 2. The second-order valence-electron chi connectivity index (χ2n) is 8.39. The molecule has 5 nitrogen and oxygen atoms in total. The lowest BCUT2D eigenvalue weighted by Gasteiger charge is -2.32. The summed E-state index contributed by atoms with van der Waals surface area (Å²) < 4.78 is 11.2.